The van der Waals surface area contributed by atoms with E-state index in [0.717, 1.165) is 21.9 Å². The minimum atomic E-state index is -0.0291. The van der Waals surface area contributed by atoms with E-state index in [9.17, 15) is 4.79 Å². The SMILES string of the molecule is CC(C)n1ncc2cc(NC(=O)CCCn3cc(Br)cn3)cnc21. The number of rotatable bonds is 6. The lowest BCUT2D eigenvalue weighted by atomic mass is 10.2. The molecule has 0 bridgehead atoms. The van der Waals surface area contributed by atoms with Gasteiger partial charge in [0.05, 0.1) is 28.8 Å². The van der Waals surface area contributed by atoms with Crippen LogP contribution in [0.5, 0.6) is 0 Å². The van der Waals surface area contributed by atoms with Gasteiger partial charge in [0, 0.05) is 30.6 Å². The molecule has 0 atom stereocenters. The second-order valence-electron chi connectivity index (χ2n) is 5.89. The predicted molar refractivity (Wildman–Crippen MR) is 95.7 cm³/mol. The molecule has 0 saturated carbocycles. The van der Waals surface area contributed by atoms with Crippen LogP contribution in [0.25, 0.3) is 11.0 Å². The number of carbonyl (C=O) groups is 1. The van der Waals surface area contributed by atoms with Crippen molar-refractivity contribution in [2.24, 2.45) is 0 Å². The van der Waals surface area contributed by atoms with Crippen LogP contribution in [0.3, 0.4) is 0 Å². The molecule has 8 heteroatoms. The van der Waals surface area contributed by atoms with E-state index < -0.39 is 0 Å². The fourth-order valence-electron chi connectivity index (χ4n) is 2.47. The molecule has 3 rings (SSSR count). The molecular weight excluding hydrogens is 372 g/mol. The fourth-order valence-corrected chi connectivity index (χ4v) is 2.80. The molecule has 0 aliphatic heterocycles. The van der Waals surface area contributed by atoms with Crippen molar-refractivity contribution in [3.63, 3.8) is 0 Å². The molecule has 3 aromatic rings. The molecule has 126 valence electrons. The minimum Gasteiger partial charge on any atom is -0.325 e. The average Bonchev–Trinajstić information content (AvgIpc) is 3.13. The maximum atomic E-state index is 12.1. The van der Waals surface area contributed by atoms with Crippen LogP contribution in [-0.4, -0.2) is 30.5 Å². The van der Waals surface area contributed by atoms with Gasteiger partial charge in [0.15, 0.2) is 5.65 Å². The maximum Gasteiger partial charge on any atom is 0.224 e. The summed E-state index contributed by atoms with van der Waals surface area (Å²) >= 11 is 3.35. The van der Waals surface area contributed by atoms with E-state index in [1.54, 1.807) is 18.6 Å². The highest BCUT2D eigenvalue weighted by Gasteiger charge is 2.09. The number of aromatic nitrogens is 5. The summed E-state index contributed by atoms with van der Waals surface area (Å²) in [5.41, 5.74) is 1.52. The fraction of sp³-hybridized carbons (Fsp3) is 0.375. The van der Waals surface area contributed by atoms with Crippen LogP contribution in [0.2, 0.25) is 0 Å². The number of hydrogen-bond donors (Lipinski definition) is 1. The molecule has 7 nitrogen and oxygen atoms in total. The van der Waals surface area contributed by atoms with Crippen molar-refractivity contribution in [2.75, 3.05) is 5.32 Å². The van der Waals surface area contributed by atoms with Crippen LogP contribution >= 0.6 is 15.9 Å². The number of amides is 1. The summed E-state index contributed by atoms with van der Waals surface area (Å²) < 4.78 is 4.61. The van der Waals surface area contributed by atoms with Crippen LogP contribution in [0.1, 0.15) is 32.7 Å². The van der Waals surface area contributed by atoms with Crippen molar-refractivity contribution in [3.05, 3.63) is 35.3 Å². The zero-order valence-electron chi connectivity index (χ0n) is 13.6. The second kappa shape index (κ2) is 7.12. The van der Waals surface area contributed by atoms with Gasteiger partial charge < -0.3 is 5.32 Å². The van der Waals surface area contributed by atoms with Gasteiger partial charge in [-0.25, -0.2) is 9.67 Å². The Morgan fingerprint density at radius 3 is 2.83 bits per heavy atom. The maximum absolute atomic E-state index is 12.1. The topological polar surface area (TPSA) is 77.6 Å². The van der Waals surface area contributed by atoms with Gasteiger partial charge in [-0.1, -0.05) is 0 Å². The van der Waals surface area contributed by atoms with E-state index in [0.29, 0.717) is 18.7 Å². The lowest BCUT2D eigenvalue weighted by Crippen LogP contribution is -2.13. The first-order valence-electron chi connectivity index (χ1n) is 7.84. The highest BCUT2D eigenvalue weighted by Crippen LogP contribution is 2.19. The van der Waals surface area contributed by atoms with Gasteiger partial charge in [-0.15, -0.1) is 0 Å². The van der Waals surface area contributed by atoms with Gasteiger partial charge >= 0.3 is 0 Å². The molecule has 0 fully saturated rings. The third-order valence-corrected chi connectivity index (χ3v) is 4.01. The van der Waals surface area contributed by atoms with E-state index >= 15 is 0 Å². The van der Waals surface area contributed by atoms with E-state index in [1.165, 1.54) is 0 Å². The average molecular weight is 391 g/mol. The van der Waals surface area contributed by atoms with Crippen molar-refractivity contribution in [1.82, 2.24) is 24.5 Å². The largest absolute Gasteiger partial charge is 0.325 e. The number of aryl methyl sites for hydroxylation is 1. The lowest BCUT2D eigenvalue weighted by Gasteiger charge is -2.07. The third-order valence-electron chi connectivity index (χ3n) is 3.60. The summed E-state index contributed by atoms with van der Waals surface area (Å²) in [7, 11) is 0. The smallest absolute Gasteiger partial charge is 0.224 e. The van der Waals surface area contributed by atoms with Crippen LogP contribution < -0.4 is 5.32 Å². The van der Waals surface area contributed by atoms with Crippen LogP contribution in [-0.2, 0) is 11.3 Å². The Labute approximate surface area is 148 Å². The molecule has 0 spiro atoms. The lowest BCUT2D eigenvalue weighted by molar-refractivity contribution is -0.116. The Morgan fingerprint density at radius 1 is 1.29 bits per heavy atom. The number of hydrogen-bond acceptors (Lipinski definition) is 4. The standard InChI is InChI=1S/C16H19BrN6O/c1-11(2)23-16-12(7-20-23)6-14(9-18-16)21-15(24)4-3-5-22-10-13(17)8-19-22/h6-11H,3-5H2,1-2H3,(H,21,24). The second-order valence-corrected chi connectivity index (χ2v) is 6.81. The highest BCUT2D eigenvalue weighted by molar-refractivity contribution is 9.10. The van der Waals surface area contributed by atoms with Gasteiger partial charge in [0.25, 0.3) is 0 Å². The molecule has 0 unspecified atom stereocenters. The van der Waals surface area contributed by atoms with Gasteiger partial charge in [-0.3, -0.25) is 9.48 Å². The van der Waals surface area contributed by atoms with Crippen molar-refractivity contribution in [3.8, 4) is 0 Å². The number of nitrogens with zero attached hydrogens (tertiary/aromatic N) is 5. The monoisotopic (exact) mass is 390 g/mol. The van der Waals surface area contributed by atoms with E-state index in [2.05, 4.69) is 50.3 Å². The predicted octanol–water partition coefficient (Wildman–Crippen LogP) is 3.39. The number of pyridine rings is 1. The normalized spacial score (nSPS) is 11.3. The van der Waals surface area contributed by atoms with Gasteiger partial charge in [0.2, 0.25) is 5.91 Å². The van der Waals surface area contributed by atoms with Crippen molar-refractivity contribution in [2.45, 2.75) is 39.3 Å². The van der Waals surface area contributed by atoms with Crippen molar-refractivity contribution in [1.29, 1.82) is 0 Å². The molecule has 3 heterocycles. The summed E-state index contributed by atoms with van der Waals surface area (Å²) in [5, 5.41) is 12.3. The molecular formula is C16H19BrN6O. The highest BCUT2D eigenvalue weighted by atomic mass is 79.9. The first kappa shape index (κ1) is 16.6. The van der Waals surface area contributed by atoms with Crippen LogP contribution in [0, 0.1) is 0 Å². The number of anilines is 1. The molecule has 0 aliphatic rings. The Morgan fingerprint density at radius 2 is 2.12 bits per heavy atom. The summed E-state index contributed by atoms with van der Waals surface area (Å²) in [6, 6.07) is 2.15. The Kier molecular flexibility index (Phi) is 4.94. The van der Waals surface area contributed by atoms with E-state index in [4.69, 9.17) is 0 Å². The number of fused-ring (bicyclic) bond motifs is 1. The molecule has 1 amide bonds. The summed E-state index contributed by atoms with van der Waals surface area (Å²) in [6.45, 7) is 4.82. The summed E-state index contributed by atoms with van der Waals surface area (Å²) in [4.78, 5) is 16.5. The number of nitrogens with one attached hydrogen (secondary N) is 1. The molecule has 3 aromatic heterocycles. The van der Waals surface area contributed by atoms with Gasteiger partial charge in [0.1, 0.15) is 0 Å². The number of halogens is 1. The van der Waals surface area contributed by atoms with Crippen molar-refractivity contribution >= 4 is 38.6 Å². The molecule has 0 radical (unpaired) electrons. The third kappa shape index (κ3) is 3.81. The first-order valence-corrected chi connectivity index (χ1v) is 8.63. The molecule has 0 aliphatic carbocycles. The van der Waals surface area contributed by atoms with Crippen molar-refractivity contribution < 1.29 is 4.79 Å². The summed E-state index contributed by atoms with van der Waals surface area (Å²) in [5.74, 6) is -0.0291. The molecule has 0 aromatic carbocycles. The van der Waals surface area contributed by atoms with E-state index in [-0.39, 0.29) is 11.9 Å². The Hall–Kier alpha value is -2.22. The Bertz CT molecular complexity index is 853. The van der Waals surface area contributed by atoms with Gasteiger partial charge in [-0.2, -0.15) is 10.2 Å². The summed E-state index contributed by atoms with van der Waals surface area (Å²) in [6.07, 6.45) is 8.22. The molecule has 24 heavy (non-hydrogen) atoms. The van der Waals surface area contributed by atoms with E-state index in [1.807, 2.05) is 21.6 Å². The quantitative estimate of drug-likeness (QED) is 0.699. The molecule has 0 saturated heterocycles. The minimum absolute atomic E-state index is 0.0291. The first-order chi connectivity index (χ1) is 11.5. The van der Waals surface area contributed by atoms with Crippen LogP contribution in [0.4, 0.5) is 5.69 Å². The molecule has 1 N–H and O–H groups in total. The van der Waals surface area contributed by atoms with Gasteiger partial charge in [-0.05, 0) is 42.3 Å². The zero-order chi connectivity index (χ0) is 17.1. The Balaban J connectivity index is 1.57. The zero-order valence-corrected chi connectivity index (χ0v) is 15.2. The van der Waals surface area contributed by atoms with Crippen LogP contribution in [0.15, 0.2) is 35.3 Å². The number of carbonyl (C=O) groups excluding carboxylic acids is 1.